The van der Waals surface area contributed by atoms with Crippen molar-refractivity contribution in [2.24, 2.45) is 0 Å². The van der Waals surface area contributed by atoms with Gasteiger partial charge in [-0.05, 0) is 6.42 Å². The van der Waals surface area contributed by atoms with Gasteiger partial charge in [0, 0.05) is 0 Å². The Balaban J connectivity index is 2.93. The number of rotatable bonds is 21. The first kappa shape index (κ1) is 23.9. The Labute approximate surface area is 153 Å². The summed E-state index contributed by atoms with van der Waals surface area (Å²) in [5, 5.41) is 0. The third-order valence-corrected chi connectivity index (χ3v) is 5.17. The molecule has 0 amide bonds. The van der Waals surface area contributed by atoms with Crippen LogP contribution in [0.5, 0.6) is 0 Å². The van der Waals surface area contributed by atoms with Crippen molar-refractivity contribution < 1.29 is 4.39 Å². The molecule has 1 heteroatoms. The maximum absolute atomic E-state index is 11.8. The molecule has 0 heterocycles. The molecule has 0 aliphatic heterocycles. The van der Waals surface area contributed by atoms with Gasteiger partial charge in [0.2, 0.25) is 0 Å². The predicted octanol–water partition coefficient (Wildman–Crippen LogP) is 9.33. The average molecular weight is 342 g/mol. The zero-order valence-corrected chi connectivity index (χ0v) is 16.8. The van der Waals surface area contributed by atoms with Crippen LogP contribution in [0.25, 0.3) is 0 Å². The maximum atomic E-state index is 11.8. The highest BCUT2D eigenvalue weighted by Crippen LogP contribution is 2.15. The molecule has 1 radical (unpaired) electrons. The fourth-order valence-electron chi connectivity index (χ4n) is 3.48. The summed E-state index contributed by atoms with van der Waals surface area (Å²) >= 11 is 0. The fourth-order valence-corrected chi connectivity index (χ4v) is 3.48. The quantitative estimate of drug-likeness (QED) is 0.182. The molecule has 0 saturated carbocycles. The highest BCUT2D eigenvalue weighted by molar-refractivity contribution is 4.52. The van der Waals surface area contributed by atoms with Crippen molar-refractivity contribution >= 4 is 0 Å². The number of hydrogen-bond donors (Lipinski definition) is 0. The van der Waals surface area contributed by atoms with E-state index >= 15 is 0 Å². The molecule has 145 valence electrons. The van der Waals surface area contributed by atoms with E-state index in [4.69, 9.17) is 0 Å². The van der Waals surface area contributed by atoms with E-state index in [1.165, 1.54) is 122 Å². The Morgan fingerprint density at radius 1 is 0.417 bits per heavy atom. The summed E-state index contributed by atoms with van der Waals surface area (Å²) in [6, 6.07) is 0. The molecule has 0 rings (SSSR count). The van der Waals surface area contributed by atoms with Crippen molar-refractivity contribution in [3.8, 4) is 0 Å². The lowest BCUT2D eigenvalue weighted by Gasteiger charge is -2.04. The lowest BCUT2D eigenvalue weighted by atomic mass is 10.0. The lowest BCUT2D eigenvalue weighted by Crippen LogP contribution is -1.84. The van der Waals surface area contributed by atoms with Crippen molar-refractivity contribution in [1.82, 2.24) is 0 Å². The van der Waals surface area contributed by atoms with E-state index in [2.05, 4.69) is 6.92 Å². The maximum Gasteiger partial charge on any atom is 0.131 e. The Kier molecular flexibility index (Phi) is 22.9. The molecule has 0 saturated heterocycles. The van der Waals surface area contributed by atoms with E-state index in [1.807, 2.05) is 0 Å². The van der Waals surface area contributed by atoms with Crippen LogP contribution in [0.3, 0.4) is 0 Å². The standard InChI is InChI=1S/C23H46F/c1-2-3-4-5-6-7-8-9-10-11-12-13-14-15-16-17-18-19-20-21-22-23-24/h23H,2-22H2,1H3. The molecule has 0 aromatic rings. The molecule has 0 atom stereocenters. The van der Waals surface area contributed by atoms with Gasteiger partial charge < -0.3 is 0 Å². The van der Waals surface area contributed by atoms with Gasteiger partial charge in [-0.1, -0.05) is 135 Å². The molecule has 24 heavy (non-hydrogen) atoms. The van der Waals surface area contributed by atoms with Gasteiger partial charge in [0.25, 0.3) is 0 Å². The molecule has 0 fully saturated rings. The van der Waals surface area contributed by atoms with Gasteiger partial charge in [0.05, 0.1) is 0 Å². The molecule has 0 bridgehead atoms. The first-order valence-corrected chi connectivity index (χ1v) is 11.3. The van der Waals surface area contributed by atoms with Crippen molar-refractivity contribution in [2.75, 3.05) is 0 Å². The lowest BCUT2D eigenvalue weighted by molar-refractivity contribution is 0.513. The summed E-state index contributed by atoms with van der Waals surface area (Å²) in [4.78, 5) is 0. The molecule has 0 aromatic heterocycles. The number of unbranched alkanes of at least 4 members (excludes halogenated alkanes) is 20. The molecule has 0 aliphatic rings. The van der Waals surface area contributed by atoms with E-state index in [-0.39, 0.29) is 0 Å². The minimum atomic E-state index is 0.652. The summed E-state index contributed by atoms with van der Waals surface area (Å²) in [6.45, 7) is 3.09. The van der Waals surface area contributed by atoms with E-state index in [9.17, 15) is 4.39 Å². The van der Waals surface area contributed by atoms with Gasteiger partial charge >= 0.3 is 0 Å². The highest BCUT2D eigenvalue weighted by atomic mass is 19.1. The largest absolute Gasteiger partial charge is 0.244 e. The Morgan fingerprint density at radius 3 is 0.917 bits per heavy atom. The van der Waals surface area contributed by atoms with Crippen LogP contribution in [0.1, 0.15) is 142 Å². The van der Waals surface area contributed by atoms with E-state index in [0.29, 0.717) is 6.42 Å². The normalized spacial score (nSPS) is 11.2. The minimum Gasteiger partial charge on any atom is -0.244 e. The Hall–Kier alpha value is -0.0700. The van der Waals surface area contributed by atoms with Crippen LogP contribution < -0.4 is 0 Å². The average Bonchev–Trinajstić information content (AvgIpc) is 2.60. The molecular weight excluding hydrogens is 295 g/mol. The van der Waals surface area contributed by atoms with Gasteiger partial charge in [0.15, 0.2) is 0 Å². The summed E-state index contributed by atoms with van der Waals surface area (Å²) in [5.41, 5.74) is 0. The van der Waals surface area contributed by atoms with Crippen LogP contribution in [-0.2, 0) is 0 Å². The fraction of sp³-hybridized carbons (Fsp3) is 0.957. The van der Waals surface area contributed by atoms with Crippen LogP contribution in [0.15, 0.2) is 0 Å². The highest BCUT2D eigenvalue weighted by Gasteiger charge is 1.95. The van der Waals surface area contributed by atoms with Crippen LogP contribution in [-0.4, -0.2) is 0 Å². The van der Waals surface area contributed by atoms with E-state index in [0.717, 1.165) is 13.1 Å². The van der Waals surface area contributed by atoms with Gasteiger partial charge in [-0.2, -0.15) is 0 Å². The molecule has 0 spiro atoms. The summed E-state index contributed by atoms with van der Waals surface area (Å²) < 4.78 is 11.8. The third kappa shape index (κ3) is 21.9. The van der Waals surface area contributed by atoms with Crippen LogP contribution in [0.4, 0.5) is 4.39 Å². The first-order chi connectivity index (χ1) is 11.9. The van der Waals surface area contributed by atoms with Crippen LogP contribution in [0, 0.1) is 6.67 Å². The van der Waals surface area contributed by atoms with Gasteiger partial charge in [0.1, 0.15) is 6.67 Å². The number of hydrogen-bond acceptors (Lipinski definition) is 0. The van der Waals surface area contributed by atoms with Gasteiger partial charge in [-0.25, -0.2) is 4.39 Å². The smallest absolute Gasteiger partial charge is 0.131 e. The molecule has 0 nitrogen and oxygen atoms in total. The molecule has 0 unspecified atom stereocenters. The topological polar surface area (TPSA) is 0 Å². The Morgan fingerprint density at radius 2 is 0.667 bits per heavy atom. The Bertz CT molecular complexity index is 180. The van der Waals surface area contributed by atoms with Crippen LogP contribution >= 0.6 is 0 Å². The second kappa shape index (κ2) is 22.9. The first-order valence-electron chi connectivity index (χ1n) is 11.3. The molecule has 0 N–H and O–H groups in total. The van der Waals surface area contributed by atoms with Crippen molar-refractivity contribution in [2.45, 2.75) is 142 Å². The zero-order valence-electron chi connectivity index (χ0n) is 16.8. The summed E-state index contributed by atoms with van der Waals surface area (Å²) in [6.07, 6.45) is 28.6. The van der Waals surface area contributed by atoms with Crippen molar-refractivity contribution in [1.29, 1.82) is 0 Å². The molecular formula is C23H46F. The molecule has 0 aliphatic carbocycles. The van der Waals surface area contributed by atoms with Crippen molar-refractivity contribution in [3.05, 3.63) is 6.67 Å². The predicted molar refractivity (Wildman–Crippen MR) is 108 cm³/mol. The second-order valence-corrected chi connectivity index (χ2v) is 7.66. The third-order valence-electron chi connectivity index (χ3n) is 5.17. The zero-order chi connectivity index (χ0) is 17.6. The number of halogens is 1. The van der Waals surface area contributed by atoms with Crippen LogP contribution in [0.2, 0.25) is 0 Å². The summed E-state index contributed by atoms with van der Waals surface area (Å²) in [5.74, 6) is 0. The second-order valence-electron chi connectivity index (χ2n) is 7.66. The van der Waals surface area contributed by atoms with Gasteiger partial charge in [-0.15, -0.1) is 0 Å². The minimum absolute atomic E-state index is 0.652. The SMILES string of the molecule is CCCCCCCCCCCCCCCCCCCCCC[CH]F. The monoisotopic (exact) mass is 341 g/mol. The van der Waals surface area contributed by atoms with E-state index < -0.39 is 0 Å². The van der Waals surface area contributed by atoms with E-state index in [1.54, 1.807) is 0 Å². The summed E-state index contributed by atoms with van der Waals surface area (Å²) in [7, 11) is 0. The van der Waals surface area contributed by atoms with Gasteiger partial charge in [-0.3, -0.25) is 0 Å². The van der Waals surface area contributed by atoms with Crippen molar-refractivity contribution in [3.63, 3.8) is 0 Å². The molecule has 0 aromatic carbocycles.